The minimum atomic E-state index is -0.996. The third kappa shape index (κ3) is 6.01. The SMILES string of the molecule is CCN1C(=O)/C(=C/c2cc(Br)ccc2OCc2ccc(C)cc2)SC1=Nc1ccc(C(=O)O)cc1. The number of carboxylic acids is 1. The van der Waals surface area contributed by atoms with Crippen LogP contribution in [0.3, 0.4) is 0 Å². The molecule has 3 aromatic rings. The first-order valence-corrected chi connectivity index (χ1v) is 12.6. The smallest absolute Gasteiger partial charge is 0.335 e. The minimum Gasteiger partial charge on any atom is -0.488 e. The molecule has 1 fully saturated rings. The Labute approximate surface area is 216 Å². The highest BCUT2D eigenvalue weighted by molar-refractivity contribution is 9.10. The number of ether oxygens (including phenoxy) is 1. The molecule has 1 saturated heterocycles. The monoisotopic (exact) mass is 550 g/mol. The number of nitrogens with zero attached hydrogens (tertiary/aromatic N) is 2. The molecule has 8 heteroatoms. The number of aryl methyl sites for hydroxylation is 1. The predicted octanol–water partition coefficient (Wildman–Crippen LogP) is 6.66. The highest BCUT2D eigenvalue weighted by atomic mass is 79.9. The lowest BCUT2D eigenvalue weighted by Crippen LogP contribution is -2.28. The lowest BCUT2D eigenvalue weighted by atomic mass is 10.1. The number of amidine groups is 1. The zero-order valence-electron chi connectivity index (χ0n) is 19.2. The number of carboxylic acid groups (broad SMARTS) is 1. The first-order chi connectivity index (χ1) is 16.8. The molecule has 0 aromatic heterocycles. The second-order valence-corrected chi connectivity index (χ2v) is 9.79. The summed E-state index contributed by atoms with van der Waals surface area (Å²) in [5.74, 6) is -0.459. The normalized spacial score (nSPS) is 15.7. The van der Waals surface area contributed by atoms with Gasteiger partial charge in [-0.3, -0.25) is 9.69 Å². The number of hydrogen-bond donors (Lipinski definition) is 1. The first-order valence-electron chi connectivity index (χ1n) is 11.0. The van der Waals surface area contributed by atoms with E-state index in [9.17, 15) is 9.59 Å². The van der Waals surface area contributed by atoms with Gasteiger partial charge in [-0.15, -0.1) is 0 Å². The number of thioether (sulfide) groups is 1. The number of halogens is 1. The maximum atomic E-state index is 13.1. The average molecular weight is 551 g/mol. The molecule has 1 N–H and O–H groups in total. The Balaban J connectivity index is 1.60. The number of likely N-dealkylation sites (N-methyl/N-ethyl adjacent to an activating group) is 1. The molecule has 4 rings (SSSR count). The van der Waals surface area contributed by atoms with E-state index in [1.165, 1.54) is 29.5 Å². The van der Waals surface area contributed by atoms with Gasteiger partial charge in [0.1, 0.15) is 12.4 Å². The van der Waals surface area contributed by atoms with Crippen LogP contribution in [0.5, 0.6) is 5.75 Å². The predicted molar refractivity (Wildman–Crippen MR) is 143 cm³/mol. The van der Waals surface area contributed by atoms with Crippen LogP contribution in [-0.4, -0.2) is 33.6 Å². The molecule has 3 aromatic carbocycles. The van der Waals surface area contributed by atoms with Crippen molar-refractivity contribution in [3.63, 3.8) is 0 Å². The Bertz CT molecular complexity index is 1320. The molecular weight excluding hydrogens is 528 g/mol. The molecule has 0 atom stereocenters. The van der Waals surface area contributed by atoms with E-state index in [1.54, 1.807) is 17.0 Å². The topological polar surface area (TPSA) is 79.2 Å². The number of aliphatic imine (C=N–C) groups is 1. The molecule has 1 heterocycles. The molecule has 0 aliphatic carbocycles. The van der Waals surface area contributed by atoms with Crippen molar-refractivity contribution in [1.29, 1.82) is 0 Å². The maximum absolute atomic E-state index is 13.1. The van der Waals surface area contributed by atoms with E-state index in [2.05, 4.69) is 20.9 Å². The third-order valence-corrected chi connectivity index (χ3v) is 6.82. The molecule has 0 unspecified atom stereocenters. The molecular formula is C27H23BrN2O4S. The van der Waals surface area contributed by atoms with Gasteiger partial charge in [0, 0.05) is 16.6 Å². The summed E-state index contributed by atoms with van der Waals surface area (Å²) in [4.78, 5) is 30.9. The highest BCUT2D eigenvalue weighted by Gasteiger charge is 2.32. The summed E-state index contributed by atoms with van der Waals surface area (Å²) in [7, 11) is 0. The molecule has 6 nitrogen and oxygen atoms in total. The van der Waals surface area contributed by atoms with Crippen LogP contribution in [0.2, 0.25) is 0 Å². The van der Waals surface area contributed by atoms with Gasteiger partial charge >= 0.3 is 5.97 Å². The van der Waals surface area contributed by atoms with Gasteiger partial charge in [-0.1, -0.05) is 45.8 Å². The summed E-state index contributed by atoms with van der Waals surface area (Å²) in [5, 5.41) is 9.64. The fraction of sp³-hybridized carbons (Fsp3) is 0.148. The van der Waals surface area contributed by atoms with Gasteiger partial charge in [-0.05, 0) is 79.7 Å². The van der Waals surface area contributed by atoms with Gasteiger partial charge in [0.05, 0.1) is 16.2 Å². The Morgan fingerprint density at radius 1 is 1.11 bits per heavy atom. The van der Waals surface area contributed by atoms with Crippen LogP contribution in [0.4, 0.5) is 5.69 Å². The molecule has 35 heavy (non-hydrogen) atoms. The number of hydrogen-bond acceptors (Lipinski definition) is 5. The molecule has 1 aliphatic heterocycles. The standard InChI is InChI=1S/C27H23BrN2O4S/c1-3-30-25(31)24(35-27(30)29-22-11-8-19(9-12-22)26(32)33)15-20-14-21(28)10-13-23(20)34-16-18-6-4-17(2)5-7-18/h4-15H,3,16H2,1-2H3,(H,32,33)/b24-15-,29-27?. The Morgan fingerprint density at radius 2 is 1.83 bits per heavy atom. The number of aromatic carboxylic acids is 1. The van der Waals surface area contributed by atoms with E-state index in [1.807, 2.05) is 62.4 Å². The molecule has 178 valence electrons. The van der Waals surface area contributed by atoms with Crippen LogP contribution in [0.25, 0.3) is 6.08 Å². The number of amides is 1. The van der Waals surface area contributed by atoms with Gasteiger partial charge in [-0.25, -0.2) is 9.79 Å². The number of rotatable bonds is 7. The van der Waals surface area contributed by atoms with Crippen LogP contribution in [0.15, 0.2) is 81.1 Å². The first kappa shape index (κ1) is 24.8. The van der Waals surface area contributed by atoms with Gasteiger partial charge in [0.25, 0.3) is 5.91 Å². The summed E-state index contributed by atoms with van der Waals surface area (Å²) in [6, 6.07) is 20.1. The second-order valence-electron chi connectivity index (χ2n) is 7.86. The van der Waals surface area contributed by atoms with Crippen molar-refractivity contribution in [2.24, 2.45) is 4.99 Å². The summed E-state index contributed by atoms with van der Waals surface area (Å²) in [5.41, 5.74) is 3.80. The van der Waals surface area contributed by atoms with Crippen molar-refractivity contribution in [1.82, 2.24) is 4.90 Å². The second kappa shape index (κ2) is 10.9. The van der Waals surface area contributed by atoms with Crippen molar-refractivity contribution >= 4 is 56.5 Å². The van der Waals surface area contributed by atoms with E-state index in [4.69, 9.17) is 9.84 Å². The summed E-state index contributed by atoms with van der Waals surface area (Å²) >= 11 is 4.79. The van der Waals surface area contributed by atoms with Gasteiger partial charge in [-0.2, -0.15) is 0 Å². The van der Waals surface area contributed by atoms with Crippen LogP contribution >= 0.6 is 27.7 Å². The maximum Gasteiger partial charge on any atom is 0.335 e. The molecule has 1 amide bonds. The van der Waals surface area contributed by atoms with Gasteiger partial charge < -0.3 is 9.84 Å². The van der Waals surface area contributed by atoms with Crippen molar-refractivity contribution in [2.45, 2.75) is 20.5 Å². The Hall–Kier alpha value is -3.36. The van der Waals surface area contributed by atoms with E-state index < -0.39 is 5.97 Å². The summed E-state index contributed by atoms with van der Waals surface area (Å²) in [6.07, 6.45) is 1.82. The lowest BCUT2D eigenvalue weighted by Gasteiger charge is -2.12. The molecule has 0 spiro atoms. The molecule has 1 aliphatic rings. The van der Waals surface area contributed by atoms with Gasteiger partial charge in [0.2, 0.25) is 0 Å². The van der Waals surface area contributed by atoms with Crippen LogP contribution < -0.4 is 4.74 Å². The van der Waals surface area contributed by atoms with Crippen LogP contribution in [0.1, 0.15) is 34.0 Å². The quantitative estimate of drug-likeness (QED) is 0.333. The van der Waals surface area contributed by atoms with Crippen molar-refractivity contribution in [2.75, 3.05) is 6.54 Å². The van der Waals surface area contributed by atoms with Gasteiger partial charge in [0.15, 0.2) is 5.17 Å². The van der Waals surface area contributed by atoms with E-state index in [-0.39, 0.29) is 11.5 Å². The van der Waals surface area contributed by atoms with Crippen molar-refractivity contribution in [3.05, 3.63) is 98.4 Å². The van der Waals surface area contributed by atoms with Crippen molar-refractivity contribution in [3.8, 4) is 5.75 Å². The lowest BCUT2D eigenvalue weighted by molar-refractivity contribution is -0.122. The summed E-state index contributed by atoms with van der Waals surface area (Å²) < 4.78 is 6.97. The fourth-order valence-corrected chi connectivity index (χ4v) is 4.84. The molecule has 0 bridgehead atoms. The molecule has 0 radical (unpaired) electrons. The number of carbonyl (C=O) groups is 2. The fourth-order valence-electron chi connectivity index (χ4n) is 3.41. The largest absolute Gasteiger partial charge is 0.488 e. The van der Waals surface area contributed by atoms with E-state index >= 15 is 0 Å². The zero-order valence-corrected chi connectivity index (χ0v) is 21.6. The molecule has 0 saturated carbocycles. The third-order valence-electron chi connectivity index (χ3n) is 5.32. The van der Waals surface area contributed by atoms with E-state index in [0.29, 0.717) is 34.7 Å². The number of carbonyl (C=O) groups excluding carboxylic acids is 1. The van der Waals surface area contributed by atoms with Crippen LogP contribution in [0, 0.1) is 6.92 Å². The number of benzene rings is 3. The Morgan fingerprint density at radius 3 is 2.49 bits per heavy atom. The summed E-state index contributed by atoms with van der Waals surface area (Å²) in [6.45, 7) is 4.81. The Kier molecular flexibility index (Phi) is 7.73. The minimum absolute atomic E-state index is 0.136. The van der Waals surface area contributed by atoms with E-state index in [0.717, 1.165) is 15.6 Å². The van der Waals surface area contributed by atoms with Crippen LogP contribution in [-0.2, 0) is 11.4 Å². The highest BCUT2D eigenvalue weighted by Crippen LogP contribution is 2.36. The average Bonchev–Trinajstić information content (AvgIpc) is 3.13. The van der Waals surface area contributed by atoms with Crippen molar-refractivity contribution < 1.29 is 19.4 Å². The zero-order chi connectivity index (χ0) is 24.9.